The van der Waals surface area contributed by atoms with Crippen LogP contribution < -0.4 is 5.32 Å². The maximum absolute atomic E-state index is 11.8. The Morgan fingerprint density at radius 1 is 1.40 bits per heavy atom. The van der Waals surface area contributed by atoms with Crippen LogP contribution in [-0.2, 0) is 6.42 Å². The number of carbonyl (C=O) groups is 1. The molecule has 0 aliphatic heterocycles. The minimum absolute atomic E-state index is 0.0536. The first kappa shape index (κ1) is 13.7. The third-order valence-electron chi connectivity index (χ3n) is 2.84. The highest BCUT2D eigenvalue weighted by Crippen LogP contribution is 2.12. The number of nitro benzene ring substituents is 1. The van der Waals surface area contributed by atoms with Gasteiger partial charge in [-0.3, -0.25) is 14.9 Å². The van der Waals surface area contributed by atoms with Gasteiger partial charge in [0.1, 0.15) is 11.3 Å². The number of hydrogen-bond acceptors (Lipinski definition) is 5. The number of carbonyl (C=O) groups excluding carboxylic acids is 1. The minimum Gasteiger partial charge on any atom is -0.361 e. The summed E-state index contributed by atoms with van der Waals surface area (Å²) < 4.78 is 4.81. The monoisotopic (exact) mass is 275 g/mol. The number of aryl methyl sites for hydroxylation is 1. The van der Waals surface area contributed by atoms with Crippen molar-refractivity contribution >= 4 is 11.6 Å². The molecule has 0 atom stereocenters. The Hall–Kier alpha value is -2.70. The number of benzene rings is 1. The molecule has 1 amide bonds. The smallest absolute Gasteiger partial charge is 0.269 e. The van der Waals surface area contributed by atoms with Gasteiger partial charge in [-0.15, -0.1) is 0 Å². The molecule has 0 saturated carbocycles. The van der Waals surface area contributed by atoms with Crippen LogP contribution in [0.4, 0.5) is 5.69 Å². The molecular formula is C13H13N3O4. The van der Waals surface area contributed by atoms with Crippen molar-refractivity contribution in [2.45, 2.75) is 13.3 Å². The van der Waals surface area contributed by atoms with E-state index < -0.39 is 4.92 Å². The zero-order valence-corrected chi connectivity index (χ0v) is 10.8. The predicted octanol–water partition coefficient (Wildman–Crippen LogP) is 1.86. The van der Waals surface area contributed by atoms with Gasteiger partial charge in [0.25, 0.3) is 11.6 Å². The highest BCUT2D eigenvalue weighted by Gasteiger charge is 2.12. The highest BCUT2D eigenvalue weighted by atomic mass is 16.6. The van der Waals surface area contributed by atoms with Crippen LogP contribution in [0.3, 0.4) is 0 Å². The summed E-state index contributed by atoms with van der Waals surface area (Å²) in [4.78, 5) is 21.8. The Bertz CT molecular complexity index is 619. The summed E-state index contributed by atoms with van der Waals surface area (Å²) in [7, 11) is 0. The van der Waals surface area contributed by atoms with Crippen molar-refractivity contribution in [3.8, 4) is 0 Å². The second-order valence-electron chi connectivity index (χ2n) is 4.23. The van der Waals surface area contributed by atoms with Crippen molar-refractivity contribution in [2.24, 2.45) is 0 Å². The molecule has 1 N–H and O–H groups in total. The van der Waals surface area contributed by atoms with E-state index in [9.17, 15) is 14.9 Å². The summed E-state index contributed by atoms with van der Waals surface area (Å²) in [6.07, 6.45) is 1.96. The standard InChI is InChI=1S/C13H13N3O4/c1-9-12(8-15-20-9)13(17)14-7-6-10-2-4-11(5-3-10)16(18)19/h2-5,8H,6-7H2,1H3,(H,14,17). The van der Waals surface area contributed by atoms with E-state index in [0.29, 0.717) is 24.3 Å². The molecule has 1 aromatic heterocycles. The van der Waals surface area contributed by atoms with E-state index in [1.165, 1.54) is 18.3 Å². The summed E-state index contributed by atoms with van der Waals surface area (Å²) in [6.45, 7) is 2.10. The van der Waals surface area contributed by atoms with Gasteiger partial charge in [0.05, 0.1) is 11.1 Å². The van der Waals surface area contributed by atoms with Crippen molar-refractivity contribution in [1.29, 1.82) is 0 Å². The lowest BCUT2D eigenvalue weighted by Gasteiger charge is -2.04. The number of nitrogens with zero attached hydrogens (tertiary/aromatic N) is 2. The van der Waals surface area contributed by atoms with Gasteiger partial charge in [-0.25, -0.2) is 0 Å². The van der Waals surface area contributed by atoms with Crippen molar-refractivity contribution in [3.63, 3.8) is 0 Å². The van der Waals surface area contributed by atoms with Crippen molar-refractivity contribution < 1.29 is 14.2 Å². The molecule has 2 rings (SSSR count). The Morgan fingerprint density at radius 3 is 2.65 bits per heavy atom. The van der Waals surface area contributed by atoms with Crippen molar-refractivity contribution in [3.05, 3.63) is 57.5 Å². The normalized spacial score (nSPS) is 10.2. The van der Waals surface area contributed by atoms with Gasteiger partial charge in [0.2, 0.25) is 0 Å². The Morgan fingerprint density at radius 2 is 2.10 bits per heavy atom. The van der Waals surface area contributed by atoms with Gasteiger partial charge >= 0.3 is 0 Å². The molecule has 7 nitrogen and oxygen atoms in total. The topological polar surface area (TPSA) is 98.3 Å². The zero-order valence-electron chi connectivity index (χ0n) is 10.8. The van der Waals surface area contributed by atoms with E-state index in [0.717, 1.165) is 5.56 Å². The summed E-state index contributed by atoms with van der Waals surface area (Å²) in [5.41, 5.74) is 1.38. The van der Waals surface area contributed by atoms with Crippen molar-refractivity contribution in [2.75, 3.05) is 6.54 Å². The second kappa shape index (κ2) is 5.96. The largest absolute Gasteiger partial charge is 0.361 e. The lowest BCUT2D eigenvalue weighted by atomic mass is 10.1. The van der Waals surface area contributed by atoms with Crippen LogP contribution in [0.5, 0.6) is 0 Å². The molecule has 0 aliphatic rings. The van der Waals surface area contributed by atoms with Crippen molar-refractivity contribution in [1.82, 2.24) is 10.5 Å². The van der Waals surface area contributed by atoms with Gasteiger partial charge < -0.3 is 9.84 Å². The average Bonchev–Trinajstić information content (AvgIpc) is 2.85. The molecule has 1 aromatic carbocycles. The van der Waals surface area contributed by atoms with Crippen LogP contribution in [0.1, 0.15) is 21.7 Å². The van der Waals surface area contributed by atoms with E-state index in [2.05, 4.69) is 10.5 Å². The number of aromatic nitrogens is 1. The summed E-state index contributed by atoms with van der Waals surface area (Å²) in [6, 6.07) is 6.24. The number of nitrogens with one attached hydrogen (secondary N) is 1. The Kier molecular flexibility index (Phi) is 4.09. The van der Waals surface area contributed by atoms with Crippen LogP contribution in [-0.4, -0.2) is 22.5 Å². The predicted molar refractivity (Wildman–Crippen MR) is 70.4 cm³/mol. The fraction of sp³-hybridized carbons (Fsp3) is 0.231. The maximum Gasteiger partial charge on any atom is 0.269 e. The summed E-state index contributed by atoms with van der Waals surface area (Å²) in [5.74, 6) is 0.225. The fourth-order valence-electron chi connectivity index (χ4n) is 1.72. The van der Waals surface area contributed by atoms with E-state index >= 15 is 0 Å². The number of amides is 1. The molecule has 2 aromatic rings. The molecule has 7 heteroatoms. The Balaban J connectivity index is 1.85. The Labute approximate surface area is 114 Å². The van der Waals surface area contributed by atoms with E-state index in [4.69, 9.17) is 4.52 Å². The summed E-state index contributed by atoms with van der Waals surface area (Å²) in [5, 5.41) is 16.8. The number of hydrogen-bond donors (Lipinski definition) is 1. The lowest BCUT2D eigenvalue weighted by Crippen LogP contribution is -2.25. The first-order valence-corrected chi connectivity index (χ1v) is 6.00. The molecule has 0 saturated heterocycles. The number of rotatable bonds is 5. The van der Waals surface area contributed by atoms with Gasteiger partial charge in [-0.05, 0) is 18.9 Å². The quantitative estimate of drug-likeness (QED) is 0.663. The van der Waals surface area contributed by atoms with E-state index in [-0.39, 0.29) is 11.6 Å². The number of non-ortho nitro benzene ring substituents is 1. The molecule has 0 radical (unpaired) electrons. The first-order chi connectivity index (χ1) is 9.58. The zero-order chi connectivity index (χ0) is 14.5. The molecule has 1 heterocycles. The molecule has 0 bridgehead atoms. The van der Waals surface area contributed by atoms with Crippen LogP contribution in [0.2, 0.25) is 0 Å². The van der Waals surface area contributed by atoms with Gasteiger partial charge in [0.15, 0.2) is 0 Å². The van der Waals surface area contributed by atoms with Gasteiger partial charge in [-0.1, -0.05) is 17.3 Å². The third-order valence-corrected chi connectivity index (χ3v) is 2.84. The van der Waals surface area contributed by atoms with Crippen LogP contribution in [0.25, 0.3) is 0 Å². The SMILES string of the molecule is Cc1oncc1C(=O)NCCc1ccc([N+](=O)[O-])cc1. The molecular weight excluding hydrogens is 262 g/mol. The summed E-state index contributed by atoms with van der Waals surface area (Å²) >= 11 is 0. The lowest BCUT2D eigenvalue weighted by molar-refractivity contribution is -0.384. The van der Waals surface area contributed by atoms with E-state index in [1.54, 1.807) is 19.1 Å². The first-order valence-electron chi connectivity index (χ1n) is 6.00. The third kappa shape index (κ3) is 3.19. The van der Waals surface area contributed by atoms with Gasteiger partial charge in [0, 0.05) is 18.7 Å². The molecule has 20 heavy (non-hydrogen) atoms. The minimum atomic E-state index is -0.444. The van der Waals surface area contributed by atoms with Gasteiger partial charge in [-0.2, -0.15) is 0 Å². The van der Waals surface area contributed by atoms with E-state index in [1.807, 2.05) is 0 Å². The van der Waals surface area contributed by atoms with Crippen LogP contribution >= 0.6 is 0 Å². The fourth-order valence-corrected chi connectivity index (χ4v) is 1.72. The average molecular weight is 275 g/mol. The second-order valence-corrected chi connectivity index (χ2v) is 4.23. The van der Waals surface area contributed by atoms with Crippen LogP contribution in [0.15, 0.2) is 35.0 Å². The molecule has 0 unspecified atom stereocenters. The molecule has 0 fully saturated rings. The molecule has 104 valence electrons. The maximum atomic E-state index is 11.8. The number of nitro groups is 1. The molecule has 0 aliphatic carbocycles. The molecule has 0 spiro atoms. The highest BCUT2D eigenvalue weighted by molar-refractivity contribution is 5.94. The van der Waals surface area contributed by atoms with Crippen LogP contribution in [0, 0.1) is 17.0 Å².